The zero-order valence-electron chi connectivity index (χ0n) is 16.5. The minimum Gasteiger partial charge on any atom is -0.494 e. The molecule has 0 bridgehead atoms. The number of pyridine rings is 1. The van der Waals surface area contributed by atoms with Gasteiger partial charge in [0.05, 0.1) is 23.4 Å². The number of fused-ring (bicyclic) bond motifs is 2. The van der Waals surface area contributed by atoms with Gasteiger partial charge in [-0.05, 0) is 43.2 Å². The number of hydrogen-bond donors (Lipinski definition) is 0. The lowest BCUT2D eigenvalue weighted by Gasteiger charge is -2.19. The van der Waals surface area contributed by atoms with Crippen LogP contribution in [0.1, 0.15) is 35.4 Å². The van der Waals surface area contributed by atoms with Gasteiger partial charge in [0.1, 0.15) is 11.6 Å². The van der Waals surface area contributed by atoms with Gasteiger partial charge in [0.2, 0.25) is 5.82 Å². The number of thiazole rings is 1. The summed E-state index contributed by atoms with van der Waals surface area (Å²) in [6.07, 6.45) is 5.31. The van der Waals surface area contributed by atoms with Gasteiger partial charge in [0, 0.05) is 25.4 Å². The molecule has 4 aromatic rings. The van der Waals surface area contributed by atoms with E-state index in [4.69, 9.17) is 9.72 Å². The van der Waals surface area contributed by atoms with E-state index in [1.54, 1.807) is 17.3 Å². The van der Waals surface area contributed by atoms with Crippen LogP contribution in [0, 0.1) is 0 Å². The molecule has 0 aliphatic carbocycles. The Hall–Kier alpha value is -3.33. The number of aromatic nitrogens is 5. The van der Waals surface area contributed by atoms with Crippen LogP contribution in [0.25, 0.3) is 10.2 Å². The number of nitrogens with zero attached hydrogens (tertiary/aromatic N) is 6. The van der Waals surface area contributed by atoms with E-state index < -0.39 is 0 Å². The van der Waals surface area contributed by atoms with E-state index in [0.29, 0.717) is 24.1 Å². The van der Waals surface area contributed by atoms with Crippen molar-refractivity contribution >= 4 is 32.6 Å². The smallest absolute Gasteiger partial charge is 0.298 e. The molecule has 1 aliphatic heterocycles. The molecule has 0 fully saturated rings. The van der Waals surface area contributed by atoms with Gasteiger partial charge in [-0.25, -0.2) is 4.98 Å². The fourth-order valence-corrected chi connectivity index (χ4v) is 4.59. The number of anilines is 1. The van der Waals surface area contributed by atoms with Gasteiger partial charge < -0.3 is 9.30 Å². The lowest BCUT2D eigenvalue weighted by atomic mass is 10.2. The normalized spacial score (nSPS) is 12.8. The molecule has 0 atom stereocenters. The molecule has 0 saturated heterocycles. The highest BCUT2D eigenvalue weighted by Crippen LogP contribution is 2.33. The van der Waals surface area contributed by atoms with Crippen LogP contribution in [0.15, 0.2) is 42.7 Å². The highest BCUT2D eigenvalue weighted by atomic mass is 32.1. The monoisotopic (exact) mass is 420 g/mol. The second kappa shape index (κ2) is 7.83. The van der Waals surface area contributed by atoms with Crippen LogP contribution < -0.4 is 9.64 Å². The standard InChI is InChI=1S/C21H20N6O2S/c1-2-29-15-7-8-16-17(11-15)30-21(23-16)27(13-14-5-3-9-22-12-14)20(28)19-25-24-18-6-4-10-26(18)19/h3,5,7-9,11-12H,2,4,6,10,13H2,1H3. The maximum atomic E-state index is 13.5. The van der Waals surface area contributed by atoms with Crippen molar-refractivity contribution in [2.75, 3.05) is 11.5 Å². The molecule has 1 aliphatic rings. The molecule has 1 aromatic carbocycles. The van der Waals surface area contributed by atoms with E-state index in [2.05, 4.69) is 15.2 Å². The number of aryl methyl sites for hydroxylation is 1. The fourth-order valence-electron chi connectivity index (χ4n) is 3.59. The zero-order valence-corrected chi connectivity index (χ0v) is 17.3. The molecule has 5 rings (SSSR count). The van der Waals surface area contributed by atoms with Crippen molar-refractivity contribution < 1.29 is 9.53 Å². The number of rotatable bonds is 6. The summed E-state index contributed by atoms with van der Waals surface area (Å²) in [6, 6.07) is 9.58. The van der Waals surface area contributed by atoms with Crippen molar-refractivity contribution in [1.29, 1.82) is 0 Å². The molecule has 30 heavy (non-hydrogen) atoms. The number of amides is 1. The number of carbonyl (C=O) groups is 1. The van der Waals surface area contributed by atoms with Crippen molar-refractivity contribution in [3.8, 4) is 5.75 Å². The van der Waals surface area contributed by atoms with Crippen LogP contribution in [0.4, 0.5) is 5.13 Å². The van der Waals surface area contributed by atoms with E-state index in [-0.39, 0.29) is 5.91 Å². The number of carbonyl (C=O) groups excluding carboxylic acids is 1. The molecule has 0 unspecified atom stereocenters. The molecule has 4 heterocycles. The van der Waals surface area contributed by atoms with Crippen molar-refractivity contribution in [3.05, 3.63) is 59.9 Å². The predicted octanol–water partition coefficient (Wildman–Crippen LogP) is 3.47. The molecule has 0 spiro atoms. The first-order valence-corrected chi connectivity index (χ1v) is 10.7. The average molecular weight is 420 g/mol. The van der Waals surface area contributed by atoms with Gasteiger partial charge in [-0.15, -0.1) is 10.2 Å². The Bertz CT molecular complexity index is 1200. The second-order valence-electron chi connectivity index (χ2n) is 7.01. The van der Waals surface area contributed by atoms with Gasteiger partial charge in [0.25, 0.3) is 5.91 Å². The Morgan fingerprint density at radius 2 is 2.23 bits per heavy atom. The first kappa shape index (κ1) is 18.7. The minimum absolute atomic E-state index is 0.205. The summed E-state index contributed by atoms with van der Waals surface area (Å²) in [7, 11) is 0. The molecule has 0 N–H and O–H groups in total. The maximum absolute atomic E-state index is 13.5. The van der Waals surface area contributed by atoms with Gasteiger partial charge in [-0.2, -0.15) is 0 Å². The third kappa shape index (κ3) is 3.41. The lowest BCUT2D eigenvalue weighted by molar-refractivity contribution is 0.0970. The van der Waals surface area contributed by atoms with Crippen LogP contribution in [-0.2, 0) is 19.5 Å². The lowest BCUT2D eigenvalue weighted by Crippen LogP contribution is -2.32. The topological polar surface area (TPSA) is 86.0 Å². The van der Waals surface area contributed by atoms with Gasteiger partial charge in [-0.3, -0.25) is 14.7 Å². The average Bonchev–Trinajstić information content (AvgIpc) is 3.47. The first-order chi connectivity index (χ1) is 14.7. The molecule has 152 valence electrons. The third-order valence-corrected chi connectivity index (χ3v) is 6.04. The Balaban J connectivity index is 1.55. The van der Waals surface area contributed by atoms with E-state index in [9.17, 15) is 4.79 Å². The SMILES string of the molecule is CCOc1ccc2nc(N(Cc3cccnc3)C(=O)c3nnc4n3CCC4)sc2c1. The van der Waals surface area contributed by atoms with Crippen LogP contribution in [0.3, 0.4) is 0 Å². The zero-order chi connectivity index (χ0) is 20.5. The highest BCUT2D eigenvalue weighted by Gasteiger charge is 2.29. The summed E-state index contributed by atoms with van der Waals surface area (Å²) < 4.78 is 8.48. The van der Waals surface area contributed by atoms with E-state index in [1.807, 2.05) is 41.8 Å². The molecular formula is C21H20N6O2S. The van der Waals surface area contributed by atoms with E-state index >= 15 is 0 Å². The minimum atomic E-state index is -0.205. The molecule has 8 nitrogen and oxygen atoms in total. The largest absolute Gasteiger partial charge is 0.494 e. The molecule has 1 amide bonds. The fraction of sp³-hybridized carbons (Fsp3) is 0.286. The van der Waals surface area contributed by atoms with Crippen molar-refractivity contribution in [2.45, 2.75) is 32.9 Å². The highest BCUT2D eigenvalue weighted by molar-refractivity contribution is 7.22. The summed E-state index contributed by atoms with van der Waals surface area (Å²) in [5.74, 6) is 1.81. The molecule has 9 heteroatoms. The van der Waals surface area contributed by atoms with E-state index in [0.717, 1.165) is 46.7 Å². The van der Waals surface area contributed by atoms with Gasteiger partial charge in [-0.1, -0.05) is 17.4 Å². The van der Waals surface area contributed by atoms with Crippen molar-refractivity contribution in [3.63, 3.8) is 0 Å². The Kier molecular flexibility index (Phi) is 4.88. The Morgan fingerprint density at radius 1 is 1.30 bits per heavy atom. The first-order valence-electron chi connectivity index (χ1n) is 9.89. The maximum Gasteiger partial charge on any atom is 0.298 e. The van der Waals surface area contributed by atoms with Crippen molar-refractivity contribution in [1.82, 2.24) is 24.7 Å². The number of hydrogen-bond acceptors (Lipinski definition) is 7. The summed E-state index contributed by atoms with van der Waals surface area (Å²) in [5.41, 5.74) is 1.75. The summed E-state index contributed by atoms with van der Waals surface area (Å²) in [6.45, 7) is 3.67. The van der Waals surface area contributed by atoms with Crippen LogP contribution in [0.2, 0.25) is 0 Å². The second-order valence-corrected chi connectivity index (χ2v) is 8.02. The summed E-state index contributed by atoms with van der Waals surface area (Å²) in [5, 5.41) is 8.99. The van der Waals surface area contributed by atoms with E-state index in [1.165, 1.54) is 11.3 Å². The van der Waals surface area contributed by atoms with Crippen LogP contribution in [-0.4, -0.2) is 37.2 Å². The Labute approximate surface area is 177 Å². The van der Waals surface area contributed by atoms with Crippen molar-refractivity contribution in [2.24, 2.45) is 0 Å². The molecular weight excluding hydrogens is 400 g/mol. The van der Waals surface area contributed by atoms with Gasteiger partial charge in [0.15, 0.2) is 5.13 Å². The quantitative estimate of drug-likeness (QED) is 0.475. The summed E-state index contributed by atoms with van der Waals surface area (Å²) >= 11 is 1.46. The Morgan fingerprint density at radius 3 is 3.07 bits per heavy atom. The number of benzene rings is 1. The van der Waals surface area contributed by atoms with Crippen LogP contribution in [0.5, 0.6) is 5.75 Å². The molecule has 3 aromatic heterocycles. The predicted molar refractivity (Wildman–Crippen MR) is 114 cm³/mol. The van der Waals surface area contributed by atoms with Gasteiger partial charge >= 0.3 is 0 Å². The number of ether oxygens (including phenoxy) is 1. The summed E-state index contributed by atoms with van der Waals surface area (Å²) in [4.78, 5) is 24.1. The molecule has 0 radical (unpaired) electrons. The van der Waals surface area contributed by atoms with Crippen LogP contribution >= 0.6 is 11.3 Å². The molecule has 0 saturated carbocycles. The third-order valence-electron chi connectivity index (χ3n) is 5.00.